The van der Waals surface area contributed by atoms with E-state index in [2.05, 4.69) is 29.4 Å². The molecule has 2 aromatic rings. The third-order valence-electron chi connectivity index (χ3n) is 7.23. The van der Waals surface area contributed by atoms with E-state index in [-0.39, 0.29) is 19.3 Å². The summed E-state index contributed by atoms with van der Waals surface area (Å²) in [5.74, 6) is -0.453. The Morgan fingerprint density at radius 3 is 2.50 bits per heavy atom. The van der Waals surface area contributed by atoms with E-state index >= 15 is 4.39 Å². The molecule has 206 valence electrons. The molecule has 8 nitrogen and oxygen atoms in total. The summed E-state index contributed by atoms with van der Waals surface area (Å²) in [4.78, 5) is 26.9. The number of hydrogen-bond donors (Lipinski definition) is 3. The molecule has 4 rings (SSSR count). The van der Waals surface area contributed by atoms with Gasteiger partial charge in [-0.05, 0) is 60.9 Å². The molecule has 1 aliphatic heterocycles. The van der Waals surface area contributed by atoms with Crippen LogP contribution >= 0.6 is 0 Å². The number of nitrogens with zero attached hydrogens (tertiary/aromatic N) is 1. The van der Waals surface area contributed by atoms with Crippen molar-refractivity contribution in [2.45, 2.75) is 77.7 Å². The van der Waals surface area contributed by atoms with Crippen LogP contribution in [-0.4, -0.2) is 36.5 Å². The number of nitrogens with one attached hydrogen (secondary N) is 2. The fourth-order valence-corrected chi connectivity index (χ4v) is 5.40. The number of carboxylic acids is 1. The summed E-state index contributed by atoms with van der Waals surface area (Å²) >= 11 is 0. The number of carbonyl (C=O) groups excluding carboxylic acids is 1. The highest BCUT2D eigenvalue weighted by atomic mass is 19.1. The van der Waals surface area contributed by atoms with Gasteiger partial charge in [-0.2, -0.15) is 0 Å². The number of carboxylic acid groups (broad SMARTS) is 1. The van der Waals surface area contributed by atoms with E-state index in [1.54, 1.807) is 24.3 Å². The Bertz CT molecular complexity index is 1150. The Hall–Kier alpha value is -3.49. The number of anilines is 3. The lowest BCUT2D eigenvalue weighted by Crippen LogP contribution is -2.40. The van der Waals surface area contributed by atoms with Crippen LogP contribution < -0.4 is 25.0 Å². The van der Waals surface area contributed by atoms with Crippen molar-refractivity contribution in [1.29, 1.82) is 0 Å². The third-order valence-corrected chi connectivity index (χ3v) is 7.23. The normalized spacial score (nSPS) is 15.8. The fourth-order valence-electron chi connectivity index (χ4n) is 5.40. The van der Waals surface area contributed by atoms with E-state index in [1.807, 2.05) is 6.92 Å². The number of urea groups is 1. The molecule has 1 heterocycles. The molecule has 0 bridgehead atoms. The number of benzene rings is 2. The van der Waals surface area contributed by atoms with Gasteiger partial charge in [0.2, 0.25) is 6.79 Å². The van der Waals surface area contributed by atoms with Crippen LogP contribution in [0.1, 0.15) is 77.2 Å². The van der Waals surface area contributed by atoms with E-state index in [0.29, 0.717) is 53.0 Å². The van der Waals surface area contributed by atoms with E-state index in [1.165, 1.54) is 12.5 Å². The first-order chi connectivity index (χ1) is 18.2. The predicted octanol–water partition coefficient (Wildman–Crippen LogP) is 6.96. The minimum atomic E-state index is -0.987. The third kappa shape index (κ3) is 6.68. The zero-order valence-electron chi connectivity index (χ0n) is 22.4. The monoisotopic (exact) mass is 527 g/mol. The first kappa shape index (κ1) is 27.5. The van der Waals surface area contributed by atoms with Gasteiger partial charge < -0.3 is 30.1 Å². The lowest BCUT2D eigenvalue weighted by molar-refractivity contribution is -0.137. The van der Waals surface area contributed by atoms with Gasteiger partial charge in [0.25, 0.3) is 0 Å². The average molecular weight is 528 g/mol. The Labute approximate surface area is 223 Å². The second kappa shape index (κ2) is 12.4. The summed E-state index contributed by atoms with van der Waals surface area (Å²) < 4.78 is 26.4. The Kier molecular flexibility index (Phi) is 8.97. The molecule has 1 aliphatic carbocycles. The minimum Gasteiger partial charge on any atom is -0.481 e. The molecule has 2 aromatic carbocycles. The van der Waals surface area contributed by atoms with Gasteiger partial charge in [0.05, 0.1) is 17.8 Å². The molecule has 0 radical (unpaired) electrons. The quantitative estimate of drug-likeness (QED) is 0.309. The smallest absolute Gasteiger partial charge is 0.323 e. The van der Waals surface area contributed by atoms with Crippen LogP contribution in [0.2, 0.25) is 0 Å². The molecule has 1 atom stereocenters. The summed E-state index contributed by atoms with van der Waals surface area (Å²) in [5, 5.41) is 15.2. The van der Waals surface area contributed by atoms with Crippen molar-refractivity contribution < 1.29 is 28.6 Å². The van der Waals surface area contributed by atoms with Gasteiger partial charge in [-0.15, -0.1) is 0 Å². The van der Waals surface area contributed by atoms with Gasteiger partial charge in [0, 0.05) is 24.3 Å². The molecule has 38 heavy (non-hydrogen) atoms. The maximum atomic E-state index is 15.6. The molecule has 1 saturated carbocycles. The molecular weight excluding hydrogens is 489 g/mol. The van der Waals surface area contributed by atoms with E-state index in [9.17, 15) is 14.7 Å². The molecule has 0 aromatic heterocycles. The number of hydrogen-bond acceptors (Lipinski definition) is 5. The van der Waals surface area contributed by atoms with Crippen molar-refractivity contribution in [2.75, 3.05) is 28.9 Å². The summed E-state index contributed by atoms with van der Waals surface area (Å²) in [6.07, 6.45) is 5.71. The van der Waals surface area contributed by atoms with Gasteiger partial charge >= 0.3 is 12.0 Å². The lowest BCUT2D eigenvalue weighted by Gasteiger charge is -2.38. The summed E-state index contributed by atoms with van der Waals surface area (Å²) in [6, 6.07) is 8.00. The zero-order valence-corrected chi connectivity index (χ0v) is 22.4. The summed E-state index contributed by atoms with van der Waals surface area (Å²) in [7, 11) is 0. The highest BCUT2D eigenvalue weighted by Crippen LogP contribution is 2.39. The summed E-state index contributed by atoms with van der Waals surface area (Å²) in [6.45, 7) is 6.94. The van der Waals surface area contributed by atoms with Gasteiger partial charge in [0.15, 0.2) is 11.5 Å². The minimum absolute atomic E-state index is 0.133. The van der Waals surface area contributed by atoms with Crippen molar-refractivity contribution >= 4 is 29.1 Å². The van der Waals surface area contributed by atoms with Crippen LogP contribution in [0.3, 0.4) is 0 Å². The number of fused-ring (bicyclic) bond motifs is 1. The van der Waals surface area contributed by atoms with E-state index < -0.39 is 23.7 Å². The first-order valence-corrected chi connectivity index (χ1v) is 13.5. The highest BCUT2D eigenvalue weighted by Gasteiger charge is 2.28. The van der Waals surface area contributed by atoms with Crippen LogP contribution in [0.4, 0.5) is 26.2 Å². The van der Waals surface area contributed by atoms with Crippen LogP contribution in [0.5, 0.6) is 11.5 Å². The van der Waals surface area contributed by atoms with Crippen molar-refractivity contribution in [1.82, 2.24) is 0 Å². The number of carbonyl (C=O) groups is 2. The zero-order chi connectivity index (χ0) is 27.2. The topological polar surface area (TPSA) is 100 Å². The maximum Gasteiger partial charge on any atom is 0.323 e. The number of halogens is 1. The SMILES string of the molecule is CCC(CC(=O)O)c1cc(NC(=O)Nc2ccc3c(c2)OCO3)c(N(CC(C)C)C2CCCCC2)cc1F. The fraction of sp³-hybridized carbons (Fsp3) is 0.517. The van der Waals surface area contributed by atoms with Crippen LogP contribution in [0.15, 0.2) is 30.3 Å². The molecule has 0 spiro atoms. The van der Waals surface area contributed by atoms with Gasteiger partial charge in [0.1, 0.15) is 5.82 Å². The van der Waals surface area contributed by atoms with Gasteiger partial charge in [-0.25, -0.2) is 9.18 Å². The molecule has 3 N–H and O–H groups in total. The molecule has 2 aliphatic rings. The first-order valence-electron chi connectivity index (χ1n) is 13.5. The number of amides is 2. The van der Waals surface area contributed by atoms with Crippen molar-refractivity contribution in [3.63, 3.8) is 0 Å². The largest absolute Gasteiger partial charge is 0.481 e. The summed E-state index contributed by atoms with van der Waals surface area (Å²) in [5.41, 5.74) is 1.91. The van der Waals surface area contributed by atoms with Gasteiger partial charge in [-0.3, -0.25) is 4.79 Å². The Morgan fingerprint density at radius 1 is 1.08 bits per heavy atom. The highest BCUT2D eigenvalue weighted by molar-refractivity contribution is 6.02. The van der Waals surface area contributed by atoms with Crippen molar-refractivity contribution in [3.8, 4) is 11.5 Å². The Morgan fingerprint density at radius 2 is 1.82 bits per heavy atom. The number of aliphatic carboxylic acids is 1. The van der Waals surface area contributed by atoms with Gasteiger partial charge in [-0.1, -0.05) is 40.0 Å². The van der Waals surface area contributed by atoms with Crippen LogP contribution in [0.25, 0.3) is 0 Å². The number of ether oxygens (including phenoxy) is 2. The van der Waals surface area contributed by atoms with Crippen molar-refractivity contribution in [3.05, 3.63) is 41.7 Å². The van der Waals surface area contributed by atoms with Crippen molar-refractivity contribution in [2.24, 2.45) is 5.92 Å². The van der Waals surface area contributed by atoms with Crippen LogP contribution in [0, 0.1) is 11.7 Å². The standard InChI is InChI=1S/C29H38FN3O5/c1-4-19(12-28(34)35)22-14-24(32-29(36)31-20-10-11-26-27(13-20)38-17-37-26)25(15-23(22)30)33(16-18(2)3)21-8-6-5-7-9-21/h10-11,13-15,18-19,21H,4-9,12,16-17H2,1-3H3,(H,34,35)(H2,31,32,36). The van der Waals surface area contributed by atoms with E-state index in [0.717, 1.165) is 25.7 Å². The van der Waals surface area contributed by atoms with Crippen LogP contribution in [-0.2, 0) is 4.79 Å². The predicted molar refractivity (Wildman–Crippen MR) is 146 cm³/mol. The second-order valence-electron chi connectivity index (χ2n) is 10.6. The molecular formula is C29H38FN3O5. The number of rotatable bonds is 10. The molecule has 2 amide bonds. The molecule has 1 unspecified atom stereocenters. The molecule has 1 fully saturated rings. The average Bonchev–Trinajstić information content (AvgIpc) is 3.35. The maximum absolute atomic E-state index is 15.6. The Balaban J connectivity index is 1.69. The second-order valence-corrected chi connectivity index (χ2v) is 10.6. The molecule has 0 saturated heterocycles. The lowest BCUT2D eigenvalue weighted by atomic mass is 9.90. The molecule has 9 heteroatoms. The van der Waals surface area contributed by atoms with E-state index in [4.69, 9.17) is 9.47 Å².